The lowest BCUT2D eigenvalue weighted by Gasteiger charge is -2.36. The molecule has 0 N–H and O–H groups in total. The van der Waals surface area contributed by atoms with E-state index in [1.54, 1.807) is 0 Å². The lowest BCUT2D eigenvalue weighted by molar-refractivity contribution is 0.353. The minimum absolute atomic E-state index is 0.180. The summed E-state index contributed by atoms with van der Waals surface area (Å²) in [6.07, 6.45) is 6.47. The van der Waals surface area contributed by atoms with E-state index in [4.69, 9.17) is 15.0 Å². The van der Waals surface area contributed by atoms with E-state index in [2.05, 4.69) is 140 Å². The van der Waals surface area contributed by atoms with Crippen LogP contribution in [-0.4, -0.2) is 15.0 Å². The Morgan fingerprint density at radius 2 is 0.722 bits per heavy atom. The van der Waals surface area contributed by atoms with Crippen LogP contribution in [0.25, 0.3) is 78.7 Å². The number of aromatic nitrogens is 3. The highest BCUT2D eigenvalue weighted by Crippen LogP contribution is 2.56. The van der Waals surface area contributed by atoms with Crippen LogP contribution in [0.3, 0.4) is 0 Å². The molecule has 0 bridgehead atoms. The van der Waals surface area contributed by atoms with Crippen molar-refractivity contribution in [1.29, 1.82) is 0 Å². The highest BCUT2D eigenvalue weighted by atomic mass is 15.0. The van der Waals surface area contributed by atoms with Crippen molar-refractivity contribution in [3.8, 4) is 78.7 Å². The van der Waals surface area contributed by atoms with Crippen molar-refractivity contribution in [2.24, 2.45) is 0 Å². The average molecular weight is 694 g/mol. The molecule has 0 saturated heterocycles. The molecule has 2 aliphatic carbocycles. The third-order valence-corrected chi connectivity index (χ3v) is 11.5. The quantitative estimate of drug-likeness (QED) is 0.174. The normalized spacial score (nSPS) is 14.1. The molecule has 0 atom stereocenters. The maximum Gasteiger partial charge on any atom is 0.164 e. The van der Waals surface area contributed by atoms with Crippen molar-refractivity contribution in [1.82, 2.24) is 15.0 Å². The Hall–Kier alpha value is -6.45. The standard InChI is InChI=1S/C51H39N3/c1-4-14-35(15-5-1)40-19-13-21-43(33-40)50-53-48(37-16-6-2-7-17-37)52-49(54-50)38-26-24-36(25-27-38)39-18-12-20-41(32-39)42-28-29-47-45(34-42)44-22-8-9-23-46(44)51(47)30-10-3-11-31-51/h1-2,4-9,12-29,32-34H,3,10-11,30-31H2. The maximum absolute atomic E-state index is 5.04. The maximum atomic E-state index is 5.04. The number of rotatable bonds is 6. The molecular formula is C51H39N3. The predicted molar refractivity (Wildman–Crippen MR) is 222 cm³/mol. The second-order valence-electron chi connectivity index (χ2n) is 14.7. The van der Waals surface area contributed by atoms with E-state index in [9.17, 15) is 0 Å². The minimum Gasteiger partial charge on any atom is -0.208 e. The summed E-state index contributed by atoms with van der Waals surface area (Å²) in [5, 5.41) is 0. The van der Waals surface area contributed by atoms with Gasteiger partial charge in [-0.15, -0.1) is 0 Å². The van der Waals surface area contributed by atoms with E-state index in [1.165, 1.54) is 71.0 Å². The number of hydrogen-bond donors (Lipinski definition) is 0. The van der Waals surface area contributed by atoms with Crippen molar-refractivity contribution in [3.63, 3.8) is 0 Å². The van der Waals surface area contributed by atoms with Gasteiger partial charge in [0.25, 0.3) is 0 Å². The van der Waals surface area contributed by atoms with Crippen LogP contribution in [0.15, 0.2) is 176 Å². The molecule has 0 aliphatic heterocycles. The van der Waals surface area contributed by atoms with Crippen molar-refractivity contribution in [2.75, 3.05) is 0 Å². The molecule has 2 aliphatic rings. The highest BCUT2D eigenvalue weighted by molar-refractivity contribution is 5.86. The van der Waals surface area contributed by atoms with Gasteiger partial charge in [-0.1, -0.05) is 177 Å². The zero-order valence-electron chi connectivity index (χ0n) is 30.1. The van der Waals surface area contributed by atoms with Gasteiger partial charge in [0.1, 0.15) is 0 Å². The average Bonchev–Trinajstić information content (AvgIpc) is 3.52. The summed E-state index contributed by atoms with van der Waals surface area (Å²) in [6.45, 7) is 0. The van der Waals surface area contributed by atoms with Crippen molar-refractivity contribution < 1.29 is 0 Å². The Kier molecular flexibility index (Phi) is 8.06. The fraction of sp³-hybridized carbons (Fsp3) is 0.118. The molecule has 0 radical (unpaired) electrons. The van der Waals surface area contributed by atoms with Crippen LogP contribution >= 0.6 is 0 Å². The van der Waals surface area contributed by atoms with E-state index in [1.807, 2.05) is 36.4 Å². The van der Waals surface area contributed by atoms with Gasteiger partial charge in [0, 0.05) is 22.1 Å². The van der Waals surface area contributed by atoms with Crippen LogP contribution in [0.1, 0.15) is 43.2 Å². The molecule has 54 heavy (non-hydrogen) atoms. The first-order valence-electron chi connectivity index (χ1n) is 19.1. The number of hydrogen-bond acceptors (Lipinski definition) is 3. The van der Waals surface area contributed by atoms with Gasteiger partial charge in [0.2, 0.25) is 0 Å². The number of fused-ring (bicyclic) bond motifs is 5. The molecule has 10 rings (SSSR count). The molecule has 0 amide bonds. The van der Waals surface area contributed by atoms with Crippen LogP contribution in [0.4, 0.5) is 0 Å². The van der Waals surface area contributed by atoms with Crippen LogP contribution < -0.4 is 0 Å². The van der Waals surface area contributed by atoms with Crippen LogP contribution in [0.2, 0.25) is 0 Å². The monoisotopic (exact) mass is 693 g/mol. The molecule has 3 nitrogen and oxygen atoms in total. The molecule has 258 valence electrons. The lowest BCUT2D eigenvalue weighted by atomic mass is 9.68. The molecule has 0 unspecified atom stereocenters. The summed E-state index contributed by atoms with van der Waals surface area (Å²) in [4.78, 5) is 15.0. The fourth-order valence-corrected chi connectivity index (χ4v) is 8.85. The van der Waals surface area contributed by atoms with E-state index in [0.717, 1.165) is 33.4 Å². The summed E-state index contributed by atoms with van der Waals surface area (Å²) in [5.41, 5.74) is 16.0. The van der Waals surface area contributed by atoms with Gasteiger partial charge < -0.3 is 0 Å². The van der Waals surface area contributed by atoms with Crippen molar-refractivity contribution >= 4 is 0 Å². The highest BCUT2D eigenvalue weighted by Gasteiger charge is 2.43. The van der Waals surface area contributed by atoms with Gasteiger partial charge >= 0.3 is 0 Å². The van der Waals surface area contributed by atoms with Crippen LogP contribution in [-0.2, 0) is 5.41 Å². The fourth-order valence-electron chi connectivity index (χ4n) is 8.85. The Morgan fingerprint density at radius 3 is 1.41 bits per heavy atom. The second kappa shape index (κ2) is 13.5. The van der Waals surface area contributed by atoms with E-state index in [-0.39, 0.29) is 5.41 Å². The van der Waals surface area contributed by atoms with Gasteiger partial charge in [-0.3, -0.25) is 0 Å². The van der Waals surface area contributed by atoms with Crippen molar-refractivity contribution in [2.45, 2.75) is 37.5 Å². The third-order valence-electron chi connectivity index (χ3n) is 11.5. The summed E-state index contributed by atoms with van der Waals surface area (Å²) in [5.74, 6) is 1.96. The molecule has 3 heteroatoms. The van der Waals surface area contributed by atoms with E-state index >= 15 is 0 Å². The molecule has 8 aromatic rings. The Morgan fingerprint density at radius 1 is 0.296 bits per heavy atom. The molecule has 1 saturated carbocycles. The van der Waals surface area contributed by atoms with Crippen LogP contribution in [0, 0.1) is 0 Å². The smallest absolute Gasteiger partial charge is 0.164 e. The summed E-state index contributed by atoms with van der Waals surface area (Å²) >= 11 is 0. The zero-order valence-corrected chi connectivity index (χ0v) is 30.1. The van der Waals surface area contributed by atoms with Crippen LogP contribution in [0.5, 0.6) is 0 Å². The first-order chi connectivity index (χ1) is 26.7. The Bertz CT molecular complexity index is 2620. The third kappa shape index (κ3) is 5.74. The topological polar surface area (TPSA) is 38.7 Å². The van der Waals surface area contributed by atoms with Crippen molar-refractivity contribution in [3.05, 3.63) is 187 Å². The first-order valence-corrected chi connectivity index (χ1v) is 19.1. The molecular weight excluding hydrogens is 655 g/mol. The Labute approximate surface area is 317 Å². The molecule has 1 heterocycles. The lowest BCUT2D eigenvalue weighted by Crippen LogP contribution is -2.27. The van der Waals surface area contributed by atoms with Gasteiger partial charge in [-0.25, -0.2) is 15.0 Å². The minimum atomic E-state index is 0.180. The largest absolute Gasteiger partial charge is 0.208 e. The van der Waals surface area contributed by atoms with E-state index in [0.29, 0.717) is 17.5 Å². The Balaban J connectivity index is 0.987. The zero-order chi connectivity index (χ0) is 35.9. The molecule has 1 fully saturated rings. The van der Waals surface area contributed by atoms with Gasteiger partial charge in [-0.05, 0) is 86.7 Å². The summed E-state index contributed by atoms with van der Waals surface area (Å²) in [7, 11) is 0. The molecule has 7 aromatic carbocycles. The van der Waals surface area contributed by atoms with E-state index < -0.39 is 0 Å². The predicted octanol–water partition coefficient (Wildman–Crippen LogP) is 13.1. The van der Waals surface area contributed by atoms with Gasteiger partial charge in [0.05, 0.1) is 0 Å². The first kappa shape index (κ1) is 32.2. The molecule has 1 aromatic heterocycles. The van der Waals surface area contributed by atoms with Gasteiger partial charge in [-0.2, -0.15) is 0 Å². The summed E-state index contributed by atoms with van der Waals surface area (Å²) in [6, 6.07) is 62.9. The summed E-state index contributed by atoms with van der Waals surface area (Å²) < 4.78 is 0. The number of benzene rings is 7. The molecule has 1 spiro atoms. The van der Waals surface area contributed by atoms with Gasteiger partial charge in [0.15, 0.2) is 17.5 Å². The second-order valence-corrected chi connectivity index (χ2v) is 14.7. The number of nitrogens with zero attached hydrogens (tertiary/aromatic N) is 3. The SMILES string of the molecule is c1ccc(-c2cccc(-c3nc(-c4ccccc4)nc(-c4ccc(-c5cccc(-c6ccc7c(c6)-c6ccccc6C76CCCCC6)c5)cc4)n3)c2)cc1.